The number of likely N-dealkylation sites (tertiary alicyclic amines) is 1. The van der Waals surface area contributed by atoms with E-state index >= 15 is 0 Å². The molecule has 0 spiro atoms. The molecule has 2 saturated heterocycles. The average Bonchev–Trinajstić information content (AvgIpc) is 3.28. The van der Waals surface area contributed by atoms with Crippen molar-refractivity contribution in [1.82, 2.24) is 4.90 Å². The van der Waals surface area contributed by atoms with Gasteiger partial charge in [-0.15, -0.1) is 0 Å². The third-order valence-electron chi connectivity index (χ3n) is 6.91. The molecule has 0 N–H and O–H groups in total. The third-order valence-corrected chi connectivity index (χ3v) is 6.91. The number of amides is 1. The Balaban J connectivity index is 0.00000450. The fraction of sp³-hybridized carbons (Fsp3) is 0.960. The second kappa shape index (κ2) is 16.3. The van der Waals surface area contributed by atoms with Crippen LogP contribution >= 0.6 is 0 Å². The third kappa shape index (κ3) is 10.8. The zero-order valence-electron chi connectivity index (χ0n) is 20.0. The molecule has 0 aromatic rings. The summed E-state index contributed by atoms with van der Waals surface area (Å²) in [5, 5.41) is 0. The van der Waals surface area contributed by atoms with Gasteiger partial charge in [0.15, 0.2) is 13.4 Å². The van der Waals surface area contributed by atoms with Gasteiger partial charge < -0.3 is 17.1 Å². The van der Waals surface area contributed by atoms with Crippen LogP contribution in [0.15, 0.2) is 0 Å². The SMILES string of the molecule is CCCCCCCCCCCCCCCC[N+]1(CN2CCCC2=O)COC(C)C1.[Cl-]. The highest BCUT2D eigenvalue weighted by atomic mass is 35.5. The molecule has 0 aromatic carbocycles. The normalized spacial score (nSPS) is 23.9. The first-order valence-electron chi connectivity index (χ1n) is 12.9. The highest BCUT2D eigenvalue weighted by Crippen LogP contribution is 2.24. The smallest absolute Gasteiger partial charge is 0.226 e. The number of hydrogen-bond acceptors (Lipinski definition) is 2. The molecule has 2 fully saturated rings. The summed E-state index contributed by atoms with van der Waals surface area (Å²) >= 11 is 0. The molecule has 2 rings (SSSR count). The number of carbonyl (C=O) groups excluding carboxylic acids is 1. The molecule has 0 radical (unpaired) electrons. The molecule has 2 heterocycles. The van der Waals surface area contributed by atoms with E-state index in [9.17, 15) is 4.79 Å². The van der Waals surface area contributed by atoms with Crippen LogP contribution in [0.25, 0.3) is 0 Å². The van der Waals surface area contributed by atoms with E-state index in [-0.39, 0.29) is 12.4 Å². The fourth-order valence-corrected chi connectivity index (χ4v) is 5.12. The van der Waals surface area contributed by atoms with Gasteiger partial charge in [0, 0.05) is 13.0 Å². The molecule has 30 heavy (non-hydrogen) atoms. The molecule has 0 bridgehead atoms. The molecule has 0 aliphatic carbocycles. The Morgan fingerprint density at radius 2 is 1.43 bits per heavy atom. The van der Waals surface area contributed by atoms with Crippen molar-refractivity contribution in [2.75, 3.05) is 33.0 Å². The quantitative estimate of drug-likeness (QED) is 0.254. The first-order chi connectivity index (χ1) is 14.2. The maximum Gasteiger partial charge on any atom is 0.226 e. The Morgan fingerprint density at radius 1 is 0.900 bits per heavy atom. The lowest BCUT2D eigenvalue weighted by atomic mass is 10.0. The van der Waals surface area contributed by atoms with Crippen LogP contribution in [0.3, 0.4) is 0 Å². The van der Waals surface area contributed by atoms with Crippen LogP contribution in [0.4, 0.5) is 0 Å². The van der Waals surface area contributed by atoms with Gasteiger partial charge in [-0.25, -0.2) is 0 Å². The van der Waals surface area contributed by atoms with E-state index in [0.29, 0.717) is 12.0 Å². The van der Waals surface area contributed by atoms with E-state index in [0.717, 1.165) is 43.8 Å². The summed E-state index contributed by atoms with van der Waals surface area (Å²) < 4.78 is 6.90. The summed E-state index contributed by atoms with van der Waals surface area (Å²) in [4.78, 5) is 14.2. The lowest BCUT2D eigenvalue weighted by Gasteiger charge is -2.36. The van der Waals surface area contributed by atoms with Crippen molar-refractivity contribution in [2.45, 2.75) is 123 Å². The molecule has 2 aliphatic heterocycles. The number of halogens is 1. The molecular weight excluding hydrogens is 396 g/mol. The summed E-state index contributed by atoms with van der Waals surface area (Å²) in [6.45, 7) is 9.33. The topological polar surface area (TPSA) is 29.5 Å². The van der Waals surface area contributed by atoms with Gasteiger partial charge in [0.2, 0.25) is 5.91 Å². The first-order valence-corrected chi connectivity index (χ1v) is 12.9. The number of rotatable bonds is 17. The maximum atomic E-state index is 12.1. The van der Waals surface area contributed by atoms with Crippen LogP contribution in [0.1, 0.15) is 117 Å². The predicted molar refractivity (Wildman–Crippen MR) is 122 cm³/mol. The van der Waals surface area contributed by atoms with Crippen molar-refractivity contribution in [3.8, 4) is 0 Å². The van der Waals surface area contributed by atoms with E-state index in [1.165, 1.54) is 96.4 Å². The zero-order chi connectivity index (χ0) is 20.8. The maximum absolute atomic E-state index is 12.1. The predicted octanol–water partition coefficient (Wildman–Crippen LogP) is 3.24. The van der Waals surface area contributed by atoms with E-state index < -0.39 is 0 Å². The van der Waals surface area contributed by atoms with Gasteiger partial charge in [-0.05, 0) is 26.2 Å². The lowest BCUT2D eigenvalue weighted by Crippen LogP contribution is -3.00. The van der Waals surface area contributed by atoms with Crippen LogP contribution in [0, 0.1) is 0 Å². The summed E-state index contributed by atoms with van der Waals surface area (Å²) in [7, 11) is 0. The van der Waals surface area contributed by atoms with Gasteiger partial charge in [-0.1, -0.05) is 84.0 Å². The largest absolute Gasteiger partial charge is 1.00 e. The second-order valence-electron chi connectivity index (χ2n) is 9.85. The van der Waals surface area contributed by atoms with Gasteiger partial charge in [-0.3, -0.25) is 14.2 Å². The number of quaternary nitrogens is 1. The van der Waals surface area contributed by atoms with E-state index in [4.69, 9.17) is 4.74 Å². The highest BCUT2D eigenvalue weighted by Gasteiger charge is 2.40. The van der Waals surface area contributed by atoms with Crippen LogP contribution in [0.5, 0.6) is 0 Å². The molecule has 0 aromatic heterocycles. The Hall–Kier alpha value is -0.320. The van der Waals surface area contributed by atoms with Crippen molar-refractivity contribution >= 4 is 5.91 Å². The molecule has 178 valence electrons. The van der Waals surface area contributed by atoms with Crippen molar-refractivity contribution in [3.05, 3.63) is 0 Å². The Bertz CT molecular complexity index is 449. The van der Waals surface area contributed by atoms with E-state index in [1.54, 1.807) is 0 Å². The van der Waals surface area contributed by atoms with Crippen LogP contribution < -0.4 is 12.4 Å². The van der Waals surface area contributed by atoms with Crippen molar-refractivity contribution in [3.63, 3.8) is 0 Å². The Kier molecular flexibility index (Phi) is 15.1. The summed E-state index contributed by atoms with van der Waals surface area (Å²) in [5.41, 5.74) is 0. The van der Waals surface area contributed by atoms with Gasteiger partial charge in [-0.2, -0.15) is 0 Å². The van der Waals surface area contributed by atoms with Crippen molar-refractivity contribution in [1.29, 1.82) is 0 Å². The van der Waals surface area contributed by atoms with Gasteiger partial charge in [0.1, 0.15) is 12.6 Å². The van der Waals surface area contributed by atoms with Gasteiger partial charge in [0.05, 0.1) is 6.54 Å². The van der Waals surface area contributed by atoms with Crippen LogP contribution in [-0.4, -0.2) is 54.4 Å². The number of unbranched alkanes of at least 4 members (excludes halogenated alkanes) is 13. The second-order valence-corrected chi connectivity index (χ2v) is 9.85. The zero-order valence-corrected chi connectivity index (χ0v) is 20.8. The number of hydrogen-bond donors (Lipinski definition) is 0. The van der Waals surface area contributed by atoms with Crippen LogP contribution in [-0.2, 0) is 9.53 Å². The Labute approximate surface area is 193 Å². The minimum Gasteiger partial charge on any atom is -1.00 e. The minimum absolute atomic E-state index is 0. The number of nitrogens with zero attached hydrogens (tertiary/aromatic N) is 2. The summed E-state index contributed by atoms with van der Waals surface area (Å²) in [6.07, 6.45) is 21.8. The molecule has 5 heteroatoms. The molecular formula is C25H49ClN2O2. The van der Waals surface area contributed by atoms with E-state index in [1.807, 2.05) is 0 Å². The monoisotopic (exact) mass is 444 g/mol. The molecule has 1 amide bonds. The molecule has 0 saturated carbocycles. The van der Waals surface area contributed by atoms with Gasteiger partial charge in [0.25, 0.3) is 0 Å². The minimum atomic E-state index is 0. The van der Waals surface area contributed by atoms with Crippen molar-refractivity contribution < 1.29 is 26.4 Å². The number of carbonyl (C=O) groups is 1. The van der Waals surface area contributed by atoms with E-state index in [2.05, 4.69) is 18.7 Å². The molecule has 2 atom stereocenters. The summed E-state index contributed by atoms with van der Waals surface area (Å²) in [5.74, 6) is 0.350. The fourth-order valence-electron chi connectivity index (χ4n) is 5.12. The molecule has 4 nitrogen and oxygen atoms in total. The molecule has 2 unspecified atom stereocenters. The van der Waals surface area contributed by atoms with Gasteiger partial charge >= 0.3 is 0 Å². The Morgan fingerprint density at radius 3 is 1.87 bits per heavy atom. The van der Waals surface area contributed by atoms with Crippen molar-refractivity contribution in [2.24, 2.45) is 0 Å². The summed E-state index contributed by atoms with van der Waals surface area (Å²) in [6, 6.07) is 0. The van der Waals surface area contributed by atoms with Crippen LogP contribution in [0.2, 0.25) is 0 Å². The standard InChI is InChI=1S/C25H49N2O2.ClH/c1-3-4-5-6-7-8-9-10-11-12-13-14-15-16-20-27(21-24(2)29-23-27)22-26-19-17-18-25(26)28;/h24H,3-23H2,1-2H3;1H/q+1;/p-1. The molecule has 2 aliphatic rings. The first kappa shape index (κ1) is 27.7. The highest BCUT2D eigenvalue weighted by molar-refractivity contribution is 5.77. The average molecular weight is 445 g/mol. The number of ether oxygens (including phenoxy) is 1. The lowest BCUT2D eigenvalue weighted by molar-refractivity contribution is -0.933.